The lowest BCUT2D eigenvalue weighted by Crippen LogP contribution is -2.50. The number of hydrogen-bond acceptors (Lipinski definition) is 5. The van der Waals surface area contributed by atoms with Crippen LogP contribution in [0.4, 0.5) is 0 Å². The molecule has 5 rings (SSSR count). The fourth-order valence-electron chi connectivity index (χ4n) is 4.23. The van der Waals surface area contributed by atoms with E-state index < -0.39 is 0 Å². The summed E-state index contributed by atoms with van der Waals surface area (Å²) in [6.45, 7) is 4.61. The van der Waals surface area contributed by atoms with Gasteiger partial charge in [-0.05, 0) is 30.7 Å². The minimum atomic E-state index is -0.177. The highest BCUT2D eigenvalue weighted by Gasteiger charge is 2.32. The molecule has 2 aliphatic heterocycles. The number of nitrogens with zero attached hydrogens (tertiary/aromatic N) is 5. The summed E-state index contributed by atoms with van der Waals surface area (Å²) < 4.78 is 7.80. The monoisotopic (exact) mass is 465 g/mol. The first-order valence-corrected chi connectivity index (χ1v) is 11.3. The molecule has 0 unspecified atom stereocenters. The Kier molecular flexibility index (Phi) is 5.86. The molecule has 0 aliphatic carbocycles. The lowest BCUT2D eigenvalue weighted by Gasteiger charge is -2.34. The summed E-state index contributed by atoms with van der Waals surface area (Å²) in [7, 11) is 0. The van der Waals surface area contributed by atoms with Gasteiger partial charge in [0.05, 0.1) is 18.8 Å². The number of carbonyl (C=O) groups excluding carboxylic acids is 2. The van der Waals surface area contributed by atoms with Gasteiger partial charge in [-0.15, -0.1) is 5.10 Å². The van der Waals surface area contributed by atoms with Crippen LogP contribution >= 0.6 is 11.6 Å². The van der Waals surface area contributed by atoms with Gasteiger partial charge in [-0.1, -0.05) is 52.7 Å². The second-order valence-corrected chi connectivity index (χ2v) is 8.81. The molecule has 0 saturated carbocycles. The second kappa shape index (κ2) is 8.96. The smallest absolute Gasteiger partial charge is 0.276 e. The van der Waals surface area contributed by atoms with Crippen molar-refractivity contribution < 1.29 is 14.3 Å². The highest BCUT2D eigenvalue weighted by Crippen LogP contribution is 2.27. The normalized spacial score (nSPS) is 18.2. The molecular weight excluding hydrogens is 442 g/mol. The van der Waals surface area contributed by atoms with Crippen LogP contribution < -0.4 is 0 Å². The van der Waals surface area contributed by atoms with Crippen LogP contribution in [-0.4, -0.2) is 62.8 Å². The van der Waals surface area contributed by atoms with Crippen molar-refractivity contribution in [1.29, 1.82) is 0 Å². The zero-order valence-corrected chi connectivity index (χ0v) is 19.0. The Morgan fingerprint density at radius 2 is 1.70 bits per heavy atom. The number of rotatable bonds is 3. The Bertz CT molecular complexity index is 1190. The Hall–Kier alpha value is -3.23. The third-order valence-corrected chi connectivity index (χ3v) is 6.41. The van der Waals surface area contributed by atoms with E-state index in [1.807, 2.05) is 6.92 Å². The zero-order chi connectivity index (χ0) is 22.9. The molecular formula is C24H24ClN5O3. The molecule has 1 aromatic heterocycles. The summed E-state index contributed by atoms with van der Waals surface area (Å²) in [6.07, 6.45) is -0.121. The van der Waals surface area contributed by atoms with Gasteiger partial charge in [-0.2, -0.15) is 0 Å². The third-order valence-electron chi connectivity index (χ3n) is 6.17. The molecule has 2 amide bonds. The van der Waals surface area contributed by atoms with Crippen molar-refractivity contribution in [3.63, 3.8) is 0 Å². The number of amides is 2. The number of hydrogen-bond donors (Lipinski definition) is 0. The summed E-state index contributed by atoms with van der Waals surface area (Å²) in [6, 6.07) is 15.1. The number of ether oxygens (including phenoxy) is 1. The van der Waals surface area contributed by atoms with Crippen LogP contribution in [-0.2, 0) is 17.9 Å². The molecule has 1 saturated heterocycles. The van der Waals surface area contributed by atoms with Crippen LogP contribution in [0.25, 0.3) is 0 Å². The Labute approximate surface area is 196 Å². The lowest BCUT2D eigenvalue weighted by atomic mass is 10.1. The first-order valence-electron chi connectivity index (χ1n) is 10.9. The largest absolute Gasteiger partial charge is 0.365 e. The van der Waals surface area contributed by atoms with Gasteiger partial charge in [0.25, 0.3) is 11.8 Å². The van der Waals surface area contributed by atoms with Gasteiger partial charge in [-0.3, -0.25) is 9.59 Å². The maximum Gasteiger partial charge on any atom is 0.276 e. The van der Waals surface area contributed by atoms with E-state index in [0.29, 0.717) is 54.7 Å². The van der Waals surface area contributed by atoms with Crippen molar-refractivity contribution in [1.82, 2.24) is 24.8 Å². The maximum atomic E-state index is 13.1. The summed E-state index contributed by atoms with van der Waals surface area (Å²) in [5, 5.41) is 8.92. The van der Waals surface area contributed by atoms with Crippen molar-refractivity contribution in [3.05, 3.63) is 81.6 Å². The van der Waals surface area contributed by atoms with E-state index in [0.717, 1.165) is 5.56 Å². The van der Waals surface area contributed by atoms with Crippen LogP contribution in [0.15, 0.2) is 48.5 Å². The highest BCUT2D eigenvalue weighted by atomic mass is 35.5. The molecule has 0 radical (unpaired) electrons. The van der Waals surface area contributed by atoms with Crippen molar-refractivity contribution in [2.24, 2.45) is 0 Å². The average Bonchev–Trinajstić information content (AvgIpc) is 3.27. The fraction of sp³-hybridized carbons (Fsp3) is 0.333. The van der Waals surface area contributed by atoms with Gasteiger partial charge in [0.2, 0.25) is 0 Å². The second-order valence-electron chi connectivity index (χ2n) is 8.37. The van der Waals surface area contributed by atoms with Crippen LogP contribution in [0, 0.1) is 6.92 Å². The van der Waals surface area contributed by atoms with E-state index >= 15 is 0 Å². The lowest BCUT2D eigenvalue weighted by molar-refractivity contribution is -0.00203. The Morgan fingerprint density at radius 3 is 2.39 bits per heavy atom. The molecule has 8 nitrogen and oxygen atoms in total. The standard InChI is InChI=1S/C24H24ClN5O3/c1-16-5-7-17(8-6-16)21-14-30-20(15-33-21)22(26-27-30)24(32)29-11-9-28(10-12-29)23(31)18-3-2-4-19(25)13-18/h2-8,13,21H,9-12,14-15H2,1H3/t21-/m1/s1. The van der Waals surface area contributed by atoms with Crippen LogP contribution in [0.3, 0.4) is 0 Å². The number of aryl methyl sites for hydroxylation is 1. The first-order chi connectivity index (χ1) is 16.0. The summed E-state index contributed by atoms with van der Waals surface area (Å²) in [5.74, 6) is -0.260. The van der Waals surface area contributed by atoms with E-state index in [1.165, 1.54) is 5.56 Å². The summed E-state index contributed by atoms with van der Waals surface area (Å²) in [5.41, 5.74) is 3.84. The van der Waals surface area contributed by atoms with Gasteiger partial charge < -0.3 is 14.5 Å². The van der Waals surface area contributed by atoms with E-state index in [1.54, 1.807) is 38.7 Å². The molecule has 3 aromatic rings. The minimum Gasteiger partial charge on any atom is -0.365 e. The molecule has 33 heavy (non-hydrogen) atoms. The van der Waals surface area contributed by atoms with E-state index in [4.69, 9.17) is 16.3 Å². The van der Waals surface area contributed by atoms with E-state index in [2.05, 4.69) is 34.6 Å². The molecule has 3 heterocycles. The predicted octanol–water partition coefficient (Wildman–Crippen LogP) is 3.11. The SMILES string of the molecule is Cc1ccc([C@H]2Cn3nnc(C(=O)N4CCN(C(=O)c5cccc(Cl)c5)CC4)c3CO2)cc1. The Morgan fingerprint density at radius 1 is 1.00 bits per heavy atom. The summed E-state index contributed by atoms with van der Waals surface area (Å²) >= 11 is 6.01. The minimum absolute atomic E-state index is 0.0822. The van der Waals surface area contributed by atoms with Crippen LogP contribution in [0.1, 0.15) is 43.8 Å². The van der Waals surface area contributed by atoms with E-state index in [9.17, 15) is 9.59 Å². The average molecular weight is 466 g/mol. The number of benzene rings is 2. The molecule has 0 N–H and O–H groups in total. The number of fused-ring (bicyclic) bond motifs is 1. The first kappa shape index (κ1) is 21.6. The molecule has 2 aliphatic rings. The van der Waals surface area contributed by atoms with Crippen LogP contribution in [0.5, 0.6) is 0 Å². The number of carbonyl (C=O) groups is 2. The highest BCUT2D eigenvalue weighted by molar-refractivity contribution is 6.30. The van der Waals surface area contributed by atoms with Gasteiger partial charge >= 0.3 is 0 Å². The topological polar surface area (TPSA) is 80.6 Å². The fourth-order valence-corrected chi connectivity index (χ4v) is 4.42. The van der Waals surface area contributed by atoms with Crippen molar-refractivity contribution in [2.45, 2.75) is 26.2 Å². The van der Waals surface area contributed by atoms with E-state index in [-0.39, 0.29) is 24.5 Å². The third kappa shape index (κ3) is 4.36. The van der Waals surface area contributed by atoms with Crippen molar-refractivity contribution >= 4 is 23.4 Å². The molecule has 9 heteroatoms. The number of halogens is 1. The molecule has 1 fully saturated rings. The Balaban J connectivity index is 1.23. The quantitative estimate of drug-likeness (QED) is 0.593. The zero-order valence-electron chi connectivity index (χ0n) is 18.3. The molecule has 0 spiro atoms. The molecule has 1 atom stereocenters. The van der Waals surface area contributed by atoms with Gasteiger partial charge in [0.1, 0.15) is 6.10 Å². The number of piperazine rings is 1. The maximum absolute atomic E-state index is 13.1. The number of aromatic nitrogens is 3. The van der Waals surface area contributed by atoms with Crippen molar-refractivity contribution in [3.8, 4) is 0 Å². The molecule has 0 bridgehead atoms. The van der Waals surface area contributed by atoms with Gasteiger partial charge in [0.15, 0.2) is 5.69 Å². The summed E-state index contributed by atoms with van der Waals surface area (Å²) in [4.78, 5) is 29.3. The van der Waals surface area contributed by atoms with Crippen LogP contribution in [0.2, 0.25) is 5.02 Å². The molecule has 170 valence electrons. The van der Waals surface area contributed by atoms with Crippen molar-refractivity contribution in [2.75, 3.05) is 26.2 Å². The van der Waals surface area contributed by atoms with Gasteiger partial charge in [0, 0.05) is 36.8 Å². The molecule has 2 aromatic carbocycles. The predicted molar refractivity (Wildman–Crippen MR) is 122 cm³/mol. The van der Waals surface area contributed by atoms with Gasteiger partial charge in [-0.25, -0.2) is 4.68 Å².